The summed E-state index contributed by atoms with van der Waals surface area (Å²) in [4.78, 5) is 0. The fraction of sp³-hybridized carbons (Fsp3) is 0.364. The first-order valence-electron chi connectivity index (χ1n) is 4.25. The number of aryl methyl sites for hydroxylation is 1. The lowest BCUT2D eigenvalue weighted by Gasteiger charge is -1.97. The molecule has 0 aliphatic rings. The van der Waals surface area contributed by atoms with E-state index in [1.54, 1.807) is 0 Å². The molecule has 0 saturated heterocycles. The van der Waals surface area contributed by atoms with Gasteiger partial charge >= 0.3 is 0 Å². The van der Waals surface area contributed by atoms with Crippen molar-refractivity contribution >= 4 is 0 Å². The Morgan fingerprint density at radius 3 is 2.67 bits per heavy atom. The maximum Gasteiger partial charge on any atom is 0.0621 e. The Morgan fingerprint density at radius 2 is 2.00 bits per heavy atom. The molecular formula is C11H12N. The summed E-state index contributed by atoms with van der Waals surface area (Å²) in [5.74, 6) is 0. The summed E-state index contributed by atoms with van der Waals surface area (Å²) in [7, 11) is 0. The van der Waals surface area contributed by atoms with Gasteiger partial charge in [-0.15, -0.1) is 0 Å². The first-order valence-corrected chi connectivity index (χ1v) is 4.25. The van der Waals surface area contributed by atoms with Gasteiger partial charge in [0.05, 0.1) is 6.07 Å². The molecule has 0 atom stereocenters. The van der Waals surface area contributed by atoms with Crippen LogP contribution in [0.1, 0.15) is 24.8 Å². The van der Waals surface area contributed by atoms with Crippen molar-refractivity contribution < 1.29 is 0 Å². The Bertz CT molecular complexity index is 245. The van der Waals surface area contributed by atoms with Crippen LogP contribution >= 0.6 is 0 Å². The van der Waals surface area contributed by atoms with E-state index in [1.165, 1.54) is 5.56 Å². The number of hydrogen-bond donors (Lipinski definition) is 0. The van der Waals surface area contributed by atoms with E-state index >= 15 is 0 Å². The summed E-state index contributed by atoms with van der Waals surface area (Å²) >= 11 is 0. The summed E-state index contributed by atoms with van der Waals surface area (Å²) in [5.41, 5.74) is 1.34. The lowest BCUT2D eigenvalue weighted by molar-refractivity contribution is 0.753. The molecule has 0 unspecified atom stereocenters. The Morgan fingerprint density at radius 1 is 1.25 bits per heavy atom. The summed E-state index contributed by atoms with van der Waals surface area (Å²) in [6, 6.07) is 13.1. The molecule has 1 radical (unpaired) electrons. The second-order valence-electron chi connectivity index (χ2n) is 2.77. The van der Waals surface area contributed by atoms with Crippen molar-refractivity contribution in [3.63, 3.8) is 0 Å². The Hall–Kier alpha value is -1.29. The third-order valence-electron chi connectivity index (χ3n) is 1.79. The van der Waals surface area contributed by atoms with Crippen molar-refractivity contribution in [3.8, 4) is 6.07 Å². The van der Waals surface area contributed by atoms with Crippen LogP contribution in [0.2, 0.25) is 0 Å². The van der Waals surface area contributed by atoms with Crippen LogP contribution in [0.5, 0.6) is 0 Å². The van der Waals surface area contributed by atoms with E-state index in [2.05, 4.69) is 24.3 Å². The molecule has 1 heteroatoms. The largest absolute Gasteiger partial charge is 0.198 e. The fourth-order valence-electron chi connectivity index (χ4n) is 1.12. The first-order chi connectivity index (χ1) is 5.93. The molecule has 1 aromatic carbocycles. The fourth-order valence-corrected chi connectivity index (χ4v) is 1.12. The van der Waals surface area contributed by atoms with Crippen molar-refractivity contribution in [2.24, 2.45) is 0 Å². The summed E-state index contributed by atoms with van der Waals surface area (Å²) < 4.78 is 0. The molecule has 0 amide bonds. The minimum atomic E-state index is 0.680. The molecule has 0 saturated carbocycles. The SMILES string of the molecule is N#CCCCCc1cc[c]cc1. The number of hydrogen-bond acceptors (Lipinski definition) is 1. The van der Waals surface area contributed by atoms with Crippen LogP contribution in [0.3, 0.4) is 0 Å². The number of rotatable bonds is 4. The zero-order valence-electron chi connectivity index (χ0n) is 7.09. The van der Waals surface area contributed by atoms with Crippen LogP contribution in [0.4, 0.5) is 0 Å². The molecule has 12 heavy (non-hydrogen) atoms. The summed E-state index contributed by atoms with van der Waals surface area (Å²) in [5, 5.41) is 8.31. The van der Waals surface area contributed by atoms with Crippen molar-refractivity contribution in [2.75, 3.05) is 0 Å². The van der Waals surface area contributed by atoms with E-state index in [4.69, 9.17) is 5.26 Å². The molecule has 0 bridgehead atoms. The molecule has 1 rings (SSSR count). The molecule has 0 spiro atoms. The van der Waals surface area contributed by atoms with Gasteiger partial charge in [0.2, 0.25) is 0 Å². The number of nitrogens with zero attached hydrogens (tertiary/aromatic N) is 1. The summed E-state index contributed by atoms with van der Waals surface area (Å²) in [6.07, 6.45) is 3.88. The maximum absolute atomic E-state index is 8.31. The van der Waals surface area contributed by atoms with Gasteiger partial charge in [0.25, 0.3) is 0 Å². The second kappa shape index (κ2) is 5.37. The smallest absolute Gasteiger partial charge is 0.0621 e. The quantitative estimate of drug-likeness (QED) is 0.618. The van der Waals surface area contributed by atoms with E-state index in [-0.39, 0.29) is 0 Å². The topological polar surface area (TPSA) is 23.8 Å². The highest BCUT2D eigenvalue weighted by molar-refractivity contribution is 5.13. The van der Waals surface area contributed by atoms with Gasteiger partial charge in [-0.25, -0.2) is 0 Å². The van der Waals surface area contributed by atoms with E-state index in [0.717, 1.165) is 19.3 Å². The monoisotopic (exact) mass is 158 g/mol. The molecule has 0 aliphatic heterocycles. The molecule has 1 aromatic rings. The number of nitriles is 1. The molecular weight excluding hydrogens is 146 g/mol. The highest BCUT2D eigenvalue weighted by Crippen LogP contribution is 2.04. The standard InChI is InChI=1S/C11H12N/c12-10-6-2-5-9-11-7-3-1-4-8-11/h3-4,7-8H,2,5-6,9H2. The van der Waals surface area contributed by atoms with E-state index in [0.29, 0.717) is 6.42 Å². The zero-order chi connectivity index (χ0) is 8.65. The van der Waals surface area contributed by atoms with Crippen molar-refractivity contribution in [1.82, 2.24) is 0 Å². The van der Waals surface area contributed by atoms with Gasteiger partial charge in [-0.2, -0.15) is 5.26 Å². The van der Waals surface area contributed by atoms with E-state index < -0.39 is 0 Å². The van der Waals surface area contributed by atoms with Crippen LogP contribution in [0.15, 0.2) is 24.3 Å². The first kappa shape index (κ1) is 8.80. The maximum atomic E-state index is 8.31. The van der Waals surface area contributed by atoms with Gasteiger partial charge in [0.15, 0.2) is 0 Å². The minimum absolute atomic E-state index is 0.680. The van der Waals surface area contributed by atoms with Gasteiger partial charge < -0.3 is 0 Å². The zero-order valence-corrected chi connectivity index (χ0v) is 7.09. The minimum Gasteiger partial charge on any atom is -0.198 e. The van der Waals surface area contributed by atoms with Crippen LogP contribution in [-0.2, 0) is 6.42 Å². The van der Waals surface area contributed by atoms with Gasteiger partial charge in [0.1, 0.15) is 0 Å². The average molecular weight is 158 g/mol. The lowest BCUT2D eigenvalue weighted by atomic mass is 10.1. The number of unbranched alkanes of at least 4 members (excludes halogenated alkanes) is 2. The Labute approximate surface area is 73.6 Å². The predicted octanol–water partition coefficient (Wildman–Crippen LogP) is 2.72. The van der Waals surface area contributed by atoms with Gasteiger partial charge in [0, 0.05) is 6.42 Å². The van der Waals surface area contributed by atoms with Crippen LogP contribution < -0.4 is 0 Å². The summed E-state index contributed by atoms with van der Waals surface area (Å²) in [6.45, 7) is 0. The second-order valence-corrected chi connectivity index (χ2v) is 2.77. The third kappa shape index (κ3) is 3.21. The lowest BCUT2D eigenvalue weighted by Crippen LogP contribution is -1.83. The van der Waals surface area contributed by atoms with E-state index in [1.807, 2.05) is 12.1 Å². The predicted molar refractivity (Wildman–Crippen MR) is 48.4 cm³/mol. The molecule has 0 fully saturated rings. The van der Waals surface area contributed by atoms with Crippen LogP contribution in [0.25, 0.3) is 0 Å². The number of benzene rings is 1. The highest BCUT2D eigenvalue weighted by atomic mass is 14.2. The normalized spacial score (nSPS) is 9.25. The van der Waals surface area contributed by atoms with E-state index in [9.17, 15) is 0 Å². The van der Waals surface area contributed by atoms with Crippen molar-refractivity contribution in [2.45, 2.75) is 25.7 Å². The van der Waals surface area contributed by atoms with Gasteiger partial charge in [-0.05, 0) is 30.9 Å². The van der Waals surface area contributed by atoms with Gasteiger partial charge in [-0.1, -0.05) is 24.3 Å². The molecule has 0 N–H and O–H groups in total. The third-order valence-corrected chi connectivity index (χ3v) is 1.79. The Balaban J connectivity index is 2.21. The molecule has 61 valence electrons. The molecule has 1 nitrogen and oxygen atoms in total. The average Bonchev–Trinajstić information content (AvgIpc) is 2.14. The van der Waals surface area contributed by atoms with Crippen LogP contribution in [0, 0.1) is 17.4 Å². The Kier molecular flexibility index (Phi) is 3.94. The highest BCUT2D eigenvalue weighted by Gasteiger charge is 1.90. The van der Waals surface area contributed by atoms with Crippen LogP contribution in [-0.4, -0.2) is 0 Å². The molecule has 0 aromatic heterocycles. The van der Waals surface area contributed by atoms with Crippen molar-refractivity contribution in [3.05, 3.63) is 35.9 Å². The van der Waals surface area contributed by atoms with Crippen molar-refractivity contribution in [1.29, 1.82) is 5.26 Å². The van der Waals surface area contributed by atoms with Gasteiger partial charge in [-0.3, -0.25) is 0 Å². The molecule has 0 aliphatic carbocycles. The molecule has 0 heterocycles.